The minimum atomic E-state index is -1.30. The molecule has 0 spiro atoms. The molecule has 23 heavy (non-hydrogen) atoms. The highest BCUT2D eigenvalue weighted by Gasteiger charge is 2.22. The standard InChI is InChI=1S/C16H13N5OS/c1-16(22,15-18-9-10-23-15)7-5-12-3-2-4-14(20-12)21-13-6-8-17-11-19-13/h2-4,6,8-11,22H,1H3,(H,17,19,20,21). The minimum absolute atomic E-state index is 0.542. The van der Waals surface area contributed by atoms with E-state index in [4.69, 9.17) is 0 Å². The molecule has 0 saturated heterocycles. The van der Waals surface area contributed by atoms with Crippen LogP contribution in [0, 0.1) is 11.8 Å². The Morgan fingerprint density at radius 2 is 2.09 bits per heavy atom. The Morgan fingerprint density at radius 3 is 2.83 bits per heavy atom. The Kier molecular flexibility index (Phi) is 4.28. The van der Waals surface area contributed by atoms with E-state index in [-0.39, 0.29) is 0 Å². The summed E-state index contributed by atoms with van der Waals surface area (Å²) in [6, 6.07) is 7.16. The van der Waals surface area contributed by atoms with Gasteiger partial charge in [0.25, 0.3) is 0 Å². The molecule has 114 valence electrons. The lowest BCUT2D eigenvalue weighted by Gasteiger charge is -2.11. The molecule has 1 atom stereocenters. The van der Waals surface area contributed by atoms with Crippen LogP contribution < -0.4 is 5.32 Å². The van der Waals surface area contributed by atoms with E-state index in [0.29, 0.717) is 22.3 Å². The van der Waals surface area contributed by atoms with Gasteiger partial charge >= 0.3 is 0 Å². The lowest BCUT2D eigenvalue weighted by molar-refractivity contribution is 0.122. The van der Waals surface area contributed by atoms with Gasteiger partial charge in [-0.1, -0.05) is 12.0 Å². The molecule has 0 saturated carbocycles. The Labute approximate surface area is 137 Å². The third-order valence-electron chi connectivity index (χ3n) is 2.87. The highest BCUT2D eigenvalue weighted by Crippen LogP contribution is 2.21. The van der Waals surface area contributed by atoms with Gasteiger partial charge in [0, 0.05) is 17.8 Å². The van der Waals surface area contributed by atoms with Crippen LogP contribution in [0.25, 0.3) is 0 Å². The minimum Gasteiger partial charge on any atom is -0.371 e. The number of hydrogen-bond donors (Lipinski definition) is 2. The predicted molar refractivity (Wildman–Crippen MR) is 88.1 cm³/mol. The number of hydrogen-bond acceptors (Lipinski definition) is 7. The van der Waals surface area contributed by atoms with Crippen LogP contribution >= 0.6 is 11.3 Å². The van der Waals surface area contributed by atoms with Gasteiger partial charge in [0.15, 0.2) is 5.60 Å². The molecular formula is C16H13N5OS. The van der Waals surface area contributed by atoms with Crippen molar-refractivity contribution in [1.29, 1.82) is 0 Å². The molecule has 3 aromatic heterocycles. The molecule has 0 bridgehead atoms. The number of nitrogens with one attached hydrogen (secondary N) is 1. The molecule has 0 aliphatic carbocycles. The third kappa shape index (κ3) is 3.88. The van der Waals surface area contributed by atoms with E-state index in [0.717, 1.165) is 0 Å². The first-order chi connectivity index (χ1) is 11.1. The summed E-state index contributed by atoms with van der Waals surface area (Å²) in [6.45, 7) is 1.61. The van der Waals surface area contributed by atoms with Gasteiger partial charge in [0.2, 0.25) is 0 Å². The number of thiazole rings is 1. The quantitative estimate of drug-likeness (QED) is 0.720. The van der Waals surface area contributed by atoms with Crippen LogP contribution in [0.1, 0.15) is 17.6 Å². The van der Waals surface area contributed by atoms with Gasteiger partial charge in [-0.3, -0.25) is 0 Å². The van der Waals surface area contributed by atoms with Crippen molar-refractivity contribution in [3.8, 4) is 11.8 Å². The number of anilines is 2. The average Bonchev–Trinajstić information content (AvgIpc) is 3.10. The van der Waals surface area contributed by atoms with Crippen molar-refractivity contribution in [1.82, 2.24) is 19.9 Å². The number of aromatic nitrogens is 4. The van der Waals surface area contributed by atoms with Gasteiger partial charge < -0.3 is 10.4 Å². The zero-order valence-corrected chi connectivity index (χ0v) is 13.1. The van der Waals surface area contributed by atoms with Gasteiger partial charge in [-0.05, 0) is 31.0 Å². The molecule has 0 aliphatic rings. The fourth-order valence-corrected chi connectivity index (χ4v) is 2.43. The highest BCUT2D eigenvalue weighted by molar-refractivity contribution is 7.09. The summed E-state index contributed by atoms with van der Waals surface area (Å²) in [4.78, 5) is 16.4. The molecular weight excluding hydrogens is 310 g/mol. The fraction of sp³-hybridized carbons (Fsp3) is 0.125. The number of rotatable bonds is 3. The topological polar surface area (TPSA) is 83.8 Å². The second-order valence-electron chi connectivity index (χ2n) is 4.79. The van der Waals surface area contributed by atoms with Crippen molar-refractivity contribution in [3.05, 3.63) is 59.1 Å². The smallest absolute Gasteiger partial charge is 0.174 e. The van der Waals surface area contributed by atoms with Crippen molar-refractivity contribution in [3.63, 3.8) is 0 Å². The summed E-state index contributed by atoms with van der Waals surface area (Å²) < 4.78 is 0. The molecule has 7 heteroatoms. The maximum atomic E-state index is 10.4. The molecule has 3 aromatic rings. The van der Waals surface area contributed by atoms with Crippen molar-refractivity contribution in [2.45, 2.75) is 12.5 Å². The second kappa shape index (κ2) is 6.52. The van der Waals surface area contributed by atoms with Crippen LogP contribution in [-0.2, 0) is 5.60 Å². The summed E-state index contributed by atoms with van der Waals surface area (Å²) >= 11 is 1.36. The summed E-state index contributed by atoms with van der Waals surface area (Å²) in [6.07, 6.45) is 4.74. The van der Waals surface area contributed by atoms with Crippen LogP contribution in [0.3, 0.4) is 0 Å². The van der Waals surface area contributed by atoms with E-state index >= 15 is 0 Å². The summed E-state index contributed by atoms with van der Waals surface area (Å²) in [7, 11) is 0. The number of pyridine rings is 1. The Hall–Kier alpha value is -2.82. The second-order valence-corrected chi connectivity index (χ2v) is 5.68. The molecule has 0 aromatic carbocycles. The molecule has 6 nitrogen and oxygen atoms in total. The lowest BCUT2D eigenvalue weighted by atomic mass is 10.1. The SMILES string of the molecule is CC(O)(C#Cc1cccc(Nc2ccncn2)n1)c1nccs1. The normalized spacial score (nSPS) is 12.8. The van der Waals surface area contributed by atoms with Crippen LogP contribution in [-0.4, -0.2) is 25.0 Å². The first-order valence-electron chi connectivity index (χ1n) is 6.79. The molecule has 2 N–H and O–H groups in total. The fourth-order valence-electron chi connectivity index (χ4n) is 1.77. The van der Waals surface area contributed by atoms with Crippen LogP contribution in [0.2, 0.25) is 0 Å². The molecule has 0 radical (unpaired) electrons. The predicted octanol–water partition coefficient (Wildman–Crippen LogP) is 2.33. The largest absolute Gasteiger partial charge is 0.371 e. The van der Waals surface area contributed by atoms with E-state index < -0.39 is 5.60 Å². The maximum Gasteiger partial charge on any atom is 0.174 e. The number of aliphatic hydroxyl groups is 1. The van der Waals surface area contributed by atoms with Crippen LogP contribution in [0.15, 0.2) is 48.4 Å². The first-order valence-corrected chi connectivity index (χ1v) is 7.67. The van der Waals surface area contributed by atoms with Crippen molar-refractivity contribution in [2.75, 3.05) is 5.32 Å². The first kappa shape index (κ1) is 15.1. The monoisotopic (exact) mass is 323 g/mol. The van der Waals surface area contributed by atoms with E-state index in [2.05, 4.69) is 37.1 Å². The average molecular weight is 323 g/mol. The Balaban J connectivity index is 1.80. The highest BCUT2D eigenvalue weighted by atomic mass is 32.1. The molecule has 0 aliphatic heterocycles. The van der Waals surface area contributed by atoms with Crippen molar-refractivity contribution < 1.29 is 5.11 Å². The van der Waals surface area contributed by atoms with Gasteiger partial charge in [-0.15, -0.1) is 11.3 Å². The van der Waals surface area contributed by atoms with Gasteiger partial charge in [-0.25, -0.2) is 19.9 Å². The van der Waals surface area contributed by atoms with E-state index in [9.17, 15) is 5.11 Å². The zero-order chi connectivity index (χ0) is 16.1. The van der Waals surface area contributed by atoms with Gasteiger partial charge in [0.05, 0.1) is 0 Å². The van der Waals surface area contributed by atoms with Gasteiger partial charge in [0.1, 0.15) is 28.7 Å². The molecule has 0 fully saturated rings. The van der Waals surface area contributed by atoms with Gasteiger partial charge in [-0.2, -0.15) is 0 Å². The number of nitrogens with zero attached hydrogens (tertiary/aromatic N) is 4. The van der Waals surface area contributed by atoms with E-state index in [1.165, 1.54) is 17.7 Å². The lowest BCUT2D eigenvalue weighted by Crippen LogP contribution is -2.18. The summed E-state index contributed by atoms with van der Waals surface area (Å²) in [5.74, 6) is 6.95. The molecule has 0 amide bonds. The molecule has 3 heterocycles. The van der Waals surface area contributed by atoms with Crippen molar-refractivity contribution >= 4 is 23.0 Å². The molecule has 3 rings (SSSR count). The third-order valence-corrected chi connectivity index (χ3v) is 3.85. The Bertz CT molecular complexity index is 838. The van der Waals surface area contributed by atoms with E-state index in [1.807, 2.05) is 12.1 Å². The maximum absolute atomic E-state index is 10.4. The summed E-state index contributed by atoms with van der Waals surface area (Å²) in [5, 5.41) is 15.8. The van der Waals surface area contributed by atoms with Crippen LogP contribution in [0.5, 0.6) is 0 Å². The summed E-state index contributed by atoms with van der Waals surface area (Å²) in [5.41, 5.74) is -0.757. The zero-order valence-electron chi connectivity index (χ0n) is 12.3. The van der Waals surface area contributed by atoms with E-state index in [1.54, 1.807) is 36.8 Å². The van der Waals surface area contributed by atoms with Crippen molar-refractivity contribution in [2.24, 2.45) is 0 Å². The van der Waals surface area contributed by atoms with Crippen LogP contribution in [0.4, 0.5) is 11.6 Å². The molecule has 1 unspecified atom stereocenters. The Morgan fingerprint density at radius 1 is 1.17 bits per heavy atom.